The molecule has 2 heterocycles. The number of thiazole rings is 1. The van der Waals surface area contributed by atoms with Gasteiger partial charge in [-0.1, -0.05) is 30.3 Å². The number of hydrogen-bond acceptors (Lipinski definition) is 6. The number of likely N-dealkylation sites (tertiary alicyclic amines) is 1. The third kappa shape index (κ3) is 7.40. The summed E-state index contributed by atoms with van der Waals surface area (Å²) in [7, 11) is 0. The maximum atomic E-state index is 14.4. The Morgan fingerprint density at radius 2 is 1.74 bits per heavy atom. The quantitative estimate of drug-likeness (QED) is 0.357. The molecule has 210 valence electrons. The first kappa shape index (κ1) is 28.7. The second-order valence-corrected chi connectivity index (χ2v) is 10.9. The molecule has 8 nitrogen and oxygen atoms in total. The van der Waals surface area contributed by atoms with Crippen LogP contribution in [0.15, 0.2) is 41.9 Å². The minimum Gasteiger partial charge on any atom is -0.344 e. The highest BCUT2D eigenvalue weighted by atomic mass is 32.1. The number of benzene rings is 1. The van der Waals surface area contributed by atoms with Gasteiger partial charge in [0, 0.05) is 43.2 Å². The zero-order valence-corrected chi connectivity index (χ0v) is 21.7. The van der Waals surface area contributed by atoms with Crippen molar-refractivity contribution in [1.29, 1.82) is 0 Å². The van der Waals surface area contributed by atoms with Crippen LogP contribution in [0.2, 0.25) is 0 Å². The molecule has 39 heavy (non-hydrogen) atoms. The first-order valence-electron chi connectivity index (χ1n) is 12.5. The lowest BCUT2D eigenvalue weighted by atomic mass is 9.85. The molecule has 2 atom stereocenters. The molecule has 1 aromatic heterocycles. The number of alkyl halides is 4. The first-order chi connectivity index (χ1) is 18.4. The van der Waals surface area contributed by atoms with Crippen molar-refractivity contribution in [3.63, 3.8) is 0 Å². The van der Waals surface area contributed by atoms with E-state index in [0.717, 1.165) is 4.90 Å². The van der Waals surface area contributed by atoms with E-state index in [0.29, 0.717) is 10.6 Å². The molecule has 0 spiro atoms. The Labute approximate surface area is 226 Å². The lowest BCUT2D eigenvalue weighted by Gasteiger charge is -2.32. The van der Waals surface area contributed by atoms with Gasteiger partial charge in [0.25, 0.3) is 11.8 Å². The van der Waals surface area contributed by atoms with Crippen LogP contribution in [0.5, 0.6) is 0 Å². The molecule has 3 amide bonds. The Balaban J connectivity index is 1.48. The topological polar surface area (TPSA) is 108 Å². The SMILES string of the molecule is O=C(NCc1nccs1)C(=O)[C@@H](Cc1ccccc1)NC(=O)[C@H]1CC(F)(F)CN1C(=O)C1CCC(F)(F)CC1. The van der Waals surface area contributed by atoms with Gasteiger partial charge in [-0.3, -0.25) is 19.2 Å². The summed E-state index contributed by atoms with van der Waals surface area (Å²) in [6.07, 6.45) is -0.938. The van der Waals surface area contributed by atoms with E-state index in [1.54, 1.807) is 35.7 Å². The molecule has 2 fully saturated rings. The van der Waals surface area contributed by atoms with Crippen molar-refractivity contribution in [1.82, 2.24) is 20.5 Å². The number of rotatable bonds is 9. The molecule has 1 saturated heterocycles. The van der Waals surface area contributed by atoms with Crippen molar-refractivity contribution in [2.24, 2.45) is 5.92 Å². The van der Waals surface area contributed by atoms with Crippen LogP contribution < -0.4 is 10.6 Å². The maximum absolute atomic E-state index is 14.4. The molecule has 4 rings (SSSR count). The zero-order valence-electron chi connectivity index (χ0n) is 20.9. The molecule has 1 saturated carbocycles. The summed E-state index contributed by atoms with van der Waals surface area (Å²) < 4.78 is 56.0. The van der Waals surface area contributed by atoms with E-state index in [4.69, 9.17) is 0 Å². The molecule has 1 aliphatic carbocycles. The maximum Gasteiger partial charge on any atom is 0.289 e. The van der Waals surface area contributed by atoms with Gasteiger partial charge in [-0.2, -0.15) is 0 Å². The number of carbonyl (C=O) groups is 4. The summed E-state index contributed by atoms with van der Waals surface area (Å²) >= 11 is 1.27. The standard InChI is InChI=1S/C26H28F4N4O4S/c27-25(28)8-6-17(7-9-25)24(38)34-15-26(29,30)13-19(34)22(36)33-18(12-16-4-2-1-3-5-16)21(35)23(37)32-14-20-31-10-11-39-20/h1-5,10-11,17-19H,6-9,12-15H2,(H,32,37)(H,33,36)/t18-,19-/m1/s1. The van der Waals surface area contributed by atoms with Crippen LogP contribution in [-0.2, 0) is 32.1 Å². The predicted molar refractivity (Wildman–Crippen MR) is 133 cm³/mol. The Morgan fingerprint density at radius 1 is 1.05 bits per heavy atom. The fraction of sp³-hybridized carbons (Fsp3) is 0.500. The highest BCUT2D eigenvalue weighted by molar-refractivity contribution is 7.09. The number of nitrogens with zero attached hydrogens (tertiary/aromatic N) is 2. The zero-order chi connectivity index (χ0) is 28.2. The van der Waals surface area contributed by atoms with Gasteiger partial charge in [-0.05, 0) is 18.4 Å². The van der Waals surface area contributed by atoms with Crippen LogP contribution in [-0.4, -0.2) is 63.9 Å². The Morgan fingerprint density at radius 3 is 2.38 bits per heavy atom. The number of hydrogen-bond donors (Lipinski definition) is 2. The number of Topliss-reactive ketones (excluding diaryl/α,β-unsaturated/α-hetero) is 1. The van der Waals surface area contributed by atoms with Crippen molar-refractivity contribution >= 4 is 34.8 Å². The van der Waals surface area contributed by atoms with E-state index in [1.165, 1.54) is 17.5 Å². The molecule has 2 aromatic rings. The number of halogens is 4. The number of ketones is 1. The lowest BCUT2D eigenvalue weighted by Crippen LogP contribution is -2.54. The molecule has 13 heteroatoms. The minimum absolute atomic E-state index is 0.00813. The predicted octanol–water partition coefficient (Wildman–Crippen LogP) is 3.12. The molecular weight excluding hydrogens is 540 g/mol. The number of aromatic nitrogens is 1. The fourth-order valence-electron chi connectivity index (χ4n) is 4.87. The third-order valence-electron chi connectivity index (χ3n) is 6.95. The second-order valence-electron chi connectivity index (χ2n) is 9.90. The molecule has 0 unspecified atom stereocenters. The van der Waals surface area contributed by atoms with Crippen molar-refractivity contribution in [3.05, 3.63) is 52.5 Å². The van der Waals surface area contributed by atoms with Gasteiger partial charge >= 0.3 is 0 Å². The highest BCUT2D eigenvalue weighted by Crippen LogP contribution is 2.39. The van der Waals surface area contributed by atoms with E-state index in [2.05, 4.69) is 15.6 Å². The normalized spacial score (nSPS) is 21.2. The molecule has 0 bridgehead atoms. The number of amides is 3. The van der Waals surface area contributed by atoms with E-state index in [-0.39, 0.29) is 25.8 Å². The van der Waals surface area contributed by atoms with Gasteiger partial charge in [0.15, 0.2) is 0 Å². The molecule has 1 aromatic carbocycles. The largest absolute Gasteiger partial charge is 0.344 e. The number of nitrogens with one attached hydrogen (secondary N) is 2. The van der Waals surface area contributed by atoms with E-state index < -0.39 is 79.2 Å². The van der Waals surface area contributed by atoms with Crippen LogP contribution in [0.3, 0.4) is 0 Å². The van der Waals surface area contributed by atoms with Crippen LogP contribution in [0.4, 0.5) is 17.6 Å². The smallest absolute Gasteiger partial charge is 0.289 e. The molecular formula is C26H28F4N4O4S. The van der Waals surface area contributed by atoms with Gasteiger partial charge in [0.1, 0.15) is 17.1 Å². The highest BCUT2D eigenvalue weighted by Gasteiger charge is 2.52. The van der Waals surface area contributed by atoms with Crippen LogP contribution >= 0.6 is 11.3 Å². The monoisotopic (exact) mass is 568 g/mol. The average Bonchev–Trinajstić information content (AvgIpc) is 3.54. The van der Waals surface area contributed by atoms with E-state index in [9.17, 15) is 36.7 Å². The van der Waals surface area contributed by atoms with Crippen LogP contribution in [0.25, 0.3) is 0 Å². The van der Waals surface area contributed by atoms with Gasteiger partial charge in [-0.25, -0.2) is 22.5 Å². The van der Waals surface area contributed by atoms with Crippen molar-refractivity contribution in [2.75, 3.05) is 6.54 Å². The summed E-state index contributed by atoms with van der Waals surface area (Å²) in [5, 5.41) is 7.11. The van der Waals surface area contributed by atoms with E-state index >= 15 is 0 Å². The summed E-state index contributed by atoms with van der Waals surface area (Å²) in [5.41, 5.74) is 0.608. The van der Waals surface area contributed by atoms with E-state index in [1.807, 2.05) is 0 Å². The summed E-state index contributed by atoms with van der Waals surface area (Å²) in [6, 6.07) is 5.50. The first-order valence-corrected chi connectivity index (χ1v) is 13.4. The minimum atomic E-state index is -3.37. The molecule has 0 radical (unpaired) electrons. The van der Waals surface area contributed by atoms with Gasteiger partial charge in [0.2, 0.25) is 23.5 Å². The fourth-order valence-corrected chi connectivity index (χ4v) is 5.43. The summed E-state index contributed by atoms with van der Waals surface area (Å²) in [5.74, 6) is -10.9. The summed E-state index contributed by atoms with van der Waals surface area (Å²) in [4.78, 5) is 56.8. The molecule has 2 N–H and O–H groups in total. The van der Waals surface area contributed by atoms with Crippen molar-refractivity contribution in [3.8, 4) is 0 Å². The van der Waals surface area contributed by atoms with Crippen LogP contribution in [0.1, 0.15) is 42.7 Å². The van der Waals surface area contributed by atoms with Crippen molar-refractivity contribution < 1.29 is 36.7 Å². The summed E-state index contributed by atoms with van der Waals surface area (Å²) in [6.45, 7) is -1.03. The van der Waals surface area contributed by atoms with Gasteiger partial charge in [0.05, 0.1) is 13.1 Å². The second kappa shape index (κ2) is 11.8. The average molecular weight is 569 g/mol. The Hall–Kier alpha value is -3.35. The van der Waals surface area contributed by atoms with Gasteiger partial charge in [-0.15, -0.1) is 11.3 Å². The molecule has 2 aliphatic rings. The lowest BCUT2D eigenvalue weighted by molar-refractivity contribution is -0.146. The Bertz CT molecular complexity index is 1190. The number of carbonyl (C=O) groups excluding carboxylic acids is 4. The van der Waals surface area contributed by atoms with Gasteiger partial charge < -0.3 is 15.5 Å². The Kier molecular flexibility index (Phi) is 8.67. The van der Waals surface area contributed by atoms with Crippen molar-refractivity contribution in [2.45, 2.75) is 69.0 Å². The molecule has 1 aliphatic heterocycles. The van der Waals surface area contributed by atoms with Crippen LogP contribution in [0, 0.1) is 5.92 Å². The third-order valence-corrected chi connectivity index (χ3v) is 7.72.